The van der Waals surface area contributed by atoms with Gasteiger partial charge in [0.2, 0.25) is 5.88 Å². The molecule has 0 bridgehead atoms. The molecule has 2 heterocycles. The van der Waals surface area contributed by atoms with Gasteiger partial charge in [-0.25, -0.2) is 9.78 Å². The lowest BCUT2D eigenvalue weighted by Gasteiger charge is -2.11. The van der Waals surface area contributed by atoms with Gasteiger partial charge in [-0.3, -0.25) is 4.40 Å². The summed E-state index contributed by atoms with van der Waals surface area (Å²) in [5, 5.41) is 9.32. The number of hydrogen-bond acceptors (Lipinski definition) is 5. The molecule has 0 radical (unpaired) electrons. The Kier molecular flexibility index (Phi) is 3.42. The number of carbonyl (C=O) groups is 1. The molecule has 3 rings (SSSR count). The molecule has 0 fully saturated rings. The fourth-order valence-corrected chi connectivity index (χ4v) is 2.19. The van der Waals surface area contributed by atoms with Crippen molar-refractivity contribution in [2.24, 2.45) is 0 Å². The molecule has 1 aromatic carbocycles. The number of aromatic nitrogens is 2. The van der Waals surface area contributed by atoms with Gasteiger partial charge >= 0.3 is 5.97 Å². The van der Waals surface area contributed by atoms with Crippen molar-refractivity contribution < 1.29 is 19.4 Å². The fraction of sp³-hybridized carbons (Fsp3) is 0.125. The Hall–Kier alpha value is -3.02. The lowest BCUT2D eigenvalue weighted by Crippen LogP contribution is -2.04. The predicted octanol–water partition coefficient (Wildman–Crippen LogP) is 2.93. The Morgan fingerprint density at radius 2 is 1.95 bits per heavy atom. The Bertz CT molecular complexity index is 837. The lowest BCUT2D eigenvalue weighted by atomic mass is 10.2. The van der Waals surface area contributed by atoms with Crippen molar-refractivity contribution in [3.8, 4) is 17.4 Å². The van der Waals surface area contributed by atoms with Gasteiger partial charge in [-0.2, -0.15) is 0 Å². The van der Waals surface area contributed by atoms with Crippen molar-refractivity contribution in [2.75, 3.05) is 7.11 Å². The number of aromatic hydroxyl groups is 1. The number of pyridine rings is 1. The minimum absolute atomic E-state index is 0.152. The van der Waals surface area contributed by atoms with Crippen molar-refractivity contribution in [3.63, 3.8) is 0 Å². The number of hydrogen-bond donors (Lipinski definition) is 1. The molecule has 1 N–H and O–H groups in total. The fourth-order valence-electron chi connectivity index (χ4n) is 2.19. The van der Waals surface area contributed by atoms with E-state index in [-0.39, 0.29) is 5.75 Å². The number of nitrogens with zero attached hydrogens (tertiary/aromatic N) is 2. The number of esters is 1. The van der Waals surface area contributed by atoms with Gasteiger partial charge in [0.15, 0.2) is 0 Å². The van der Waals surface area contributed by atoms with Crippen LogP contribution in [-0.4, -0.2) is 27.6 Å². The van der Waals surface area contributed by atoms with E-state index in [0.717, 1.165) is 11.3 Å². The number of fused-ring (bicyclic) bond motifs is 1. The summed E-state index contributed by atoms with van der Waals surface area (Å²) in [6.07, 6.45) is 1.66. The number of ether oxygens (including phenoxy) is 2. The topological polar surface area (TPSA) is 73.1 Å². The number of aryl methyl sites for hydroxylation is 1. The van der Waals surface area contributed by atoms with Crippen LogP contribution in [0.5, 0.6) is 17.4 Å². The molecule has 2 aromatic heterocycles. The highest BCUT2D eigenvalue weighted by Crippen LogP contribution is 2.27. The Morgan fingerprint density at radius 1 is 1.23 bits per heavy atom. The number of methoxy groups -OCH3 is 1. The number of phenols is 1. The molecule has 0 atom stereocenters. The van der Waals surface area contributed by atoms with Crippen molar-refractivity contribution in [1.29, 1.82) is 0 Å². The van der Waals surface area contributed by atoms with E-state index in [0.29, 0.717) is 17.2 Å². The van der Waals surface area contributed by atoms with Gasteiger partial charge in [0, 0.05) is 6.07 Å². The third kappa shape index (κ3) is 2.46. The summed E-state index contributed by atoms with van der Waals surface area (Å²) in [5.74, 6) is 1.42. The van der Waals surface area contributed by atoms with Crippen LogP contribution in [0.2, 0.25) is 0 Å². The summed E-state index contributed by atoms with van der Waals surface area (Å²) < 4.78 is 12.4. The monoisotopic (exact) mass is 298 g/mol. The average Bonchev–Trinajstić information content (AvgIpc) is 2.90. The van der Waals surface area contributed by atoms with Crippen LogP contribution in [-0.2, 0) is 4.74 Å². The van der Waals surface area contributed by atoms with Crippen LogP contribution in [0.3, 0.4) is 0 Å². The van der Waals surface area contributed by atoms with E-state index in [2.05, 4.69) is 4.98 Å². The SMILES string of the molecule is COC(=O)c1cc(Oc2ccc(O)cc2)n2c(C)ncc2c1. The molecule has 0 spiro atoms. The molecule has 3 aromatic rings. The average molecular weight is 298 g/mol. The molecule has 22 heavy (non-hydrogen) atoms. The maximum Gasteiger partial charge on any atom is 0.338 e. The first-order valence-corrected chi connectivity index (χ1v) is 6.62. The lowest BCUT2D eigenvalue weighted by molar-refractivity contribution is 0.0600. The standard InChI is InChI=1S/C16H14N2O4/c1-10-17-9-12-7-11(16(20)21-2)8-15(18(10)12)22-14-5-3-13(19)4-6-14/h3-9,19H,1-2H3. The van der Waals surface area contributed by atoms with Crippen LogP contribution in [0, 0.1) is 6.92 Å². The second kappa shape index (κ2) is 5.40. The minimum Gasteiger partial charge on any atom is -0.508 e. The molecule has 0 saturated heterocycles. The zero-order valence-corrected chi connectivity index (χ0v) is 12.1. The normalized spacial score (nSPS) is 10.6. The molecule has 0 aliphatic heterocycles. The Labute approximate surface area is 126 Å². The van der Waals surface area contributed by atoms with Gasteiger partial charge in [0.1, 0.15) is 17.3 Å². The predicted molar refractivity (Wildman–Crippen MR) is 79.4 cm³/mol. The largest absolute Gasteiger partial charge is 0.508 e. The van der Waals surface area contributed by atoms with E-state index in [4.69, 9.17) is 9.47 Å². The zero-order valence-electron chi connectivity index (χ0n) is 12.1. The van der Waals surface area contributed by atoms with Gasteiger partial charge in [0.25, 0.3) is 0 Å². The maximum atomic E-state index is 11.8. The Morgan fingerprint density at radius 3 is 2.64 bits per heavy atom. The first-order valence-electron chi connectivity index (χ1n) is 6.62. The second-order valence-electron chi connectivity index (χ2n) is 4.74. The van der Waals surface area contributed by atoms with E-state index >= 15 is 0 Å². The van der Waals surface area contributed by atoms with Gasteiger partial charge in [0.05, 0.1) is 24.4 Å². The molecule has 0 saturated carbocycles. The summed E-state index contributed by atoms with van der Waals surface area (Å²) in [6.45, 7) is 1.84. The smallest absolute Gasteiger partial charge is 0.338 e. The van der Waals surface area contributed by atoms with E-state index < -0.39 is 5.97 Å². The summed E-state index contributed by atoms with van der Waals surface area (Å²) in [7, 11) is 1.33. The van der Waals surface area contributed by atoms with Crippen LogP contribution >= 0.6 is 0 Å². The highest BCUT2D eigenvalue weighted by atomic mass is 16.5. The number of phenolic OH excluding ortho intramolecular Hbond substituents is 1. The first-order chi connectivity index (χ1) is 10.6. The van der Waals surface area contributed by atoms with Crippen LogP contribution in [0.4, 0.5) is 0 Å². The molecular weight excluding hydrogens is 284 g/mol. The molecular formula is C16H14N2O4. The van der Waals surface area contributed by atoms with Crippen molar-refractivity contribution in [3.05, 3.63) is 54.0 Å². The highest BCUT2D eigenvalue weighted by molar-refractivity contribution is 5.91. The van der Waals surface area contributed by atoms with Crippen LogP contribution in [0.15, 0.2) is 42.6 Å². The van der Waals surface area contributed by atoms with Gasteiger partial charge in [-0.1, -0.05) is 0 Å². The molecule has 0 unspecified atom stereocenters. The van der Waals surface area contributed by atoms with E-state index in [1.807, 2.05) is 6.92 Å². The van der Waals surface area contributed by atoms with E-state index in [9.17, 15) is 9.90 Å². The number of imidazole rings is 1. The van der Waals surface area contributed by atoms with Crippen molar-refractivity contribution >= 4 is 11.5 Å². The van der Waals surface area contributed by atoms with E-state index in [1.54, 1.807) is 34.9 Å². The van der Waals surface area contributed by atoms with Crippen LogP contribution in [0.25, 0.3) is 5.52 Å². The summed E-state index contributed by atoms with van der Waals surface area (Å²) in [5.41, 5.74) is 1.11. The quantitative estimate of drug-likeness (QED) is 0.753. The van der Waals surface area contributed by atoms with Gasteiger partial charge in [-0.15, -0.1) is 0 Å². The Balaban J connectivity index is 2.11. The molecule has 6 heteroatoms. The molecule has 6 nitrogen and oxygen atoms in total. The third-order valence-corrected chi connectivity index (χ3v) is 3.25. The number of rotatable bonds is 3. The van der Waals surface area contributed by atoms with Gasteiger partial charge in [-0.05, 0) is 37.3 Å². The number of benzene rings is 1. The minimum atomic E-state index is -0.447. The van der Waals surface area contributed by atoms with Crippen molar-refractivity contribution in [1.82, 2.24) is 9.38 Å². The van der Waals surface area contributed by atoms with Crippen molar-refractivity contribution in [2.45, 2.75) is 6.92 Å². The maximum absolute atomic E-state index is 11.8. The second-order valence-corrected chi connectivity index (χ2v) is 4.74. The third-order valence-electron chi connectivity index (χ3n) is 3.25. The molecule has 112 valence electrons. The summed E-state index contributed by atoms with van der Waals surface area (Å²) >= 11 is 0. The summed E-state index contributed by atoms with van der Waals surface area (Å²) in [6, 6.07) is 9.61. The highest BCUT2D eigenvalue weighted by Gasteiger charge is 2.14. The first kappa shape index (κ1) is 13.9. The van der Waals surface area contributed by atoms with Crippen LogP contribution < -0.4 is 4.74 Å². The van der Waals surface area contributed by atoms with Crippen LogP contribution in [0.1, 0.15) is 16.2 Å². The molecule has 0 aliphatic carbocycles. The van der Waals surface area contributed by atoms with Gasteiger partial charge < -0.3 is 14.6 Å². The summed E-state index contributed by atoms with van der Waals surface area (Å²) in [4.78, 5) is 16.0. The number of carbonyl (C=O) groups excluding carboxylic acids is 1. The zero-order chi connectivity index (χ0) is 15.7. The molecule has 0 aliphatic rings. The molecule has 0 amide bonds. The van der Waals surface area contributed by atoms with E-state index in [1.165, 1.54) is 19.2 Å².